The minimum atomic E-state index is -0.467. The lowest BCUT2D eigenvalue weighted by Crippen LogP contribution is -2.41. The second kappa shape index (κ2) is 9.64. The Balaban J connectivity index is 1.59. The molecule has 186 valence electrons. The van der Waals surface area contributed by atoms with Crippen molar-refractivity contribution in [3.8, 4) is 11.5 Å². The van der Waals surface area contributed by atoms with Crippen LogP contribution in [0.2, 0.25) is 0 Å². The van der Waals surface area contributed by atoms with E-state index < -0.39 is 12.0 Å². The van der Waals surface area contributed by atoms with Crippen LogP contribution in [0, 0.1) is 12.8 Å². The van der Waals surface area contributed by atoms with Crippen LogP contribution >= 0.6 is 0 Å². The molecule has 0 radical (unpaired) electrons. The van der Waals surface area contributed by atoms with Gasteiger partial charge >= 0.3 is 5.97 Å². The van der Waals surface area contributed by atoms with E-state index in [1.807, 2.05) is 13.0 Å². The van der Waals surface area contributed by atoms with E-state index in [1.165, 1.54) is 7.11 Å². The molecule has 4 atom stereocenters. The van der Waals surface area contributed by atoms with E-state index in [2.05, 4.69) is 35.1 Å². The summed E-state index contributed by atoms with van der Waals surface area (Å²) in [5.74, 6) is -0.266. The first-order valence-electron chi connectivity index (χ1n) is 12.0. The third-order valence-corrected chi connectivity index (χ3v) is 6.95. The van der Waals surface area contributed by atoms with Crippen molar-refractivity contribution in [1.29, 1.82) is 0 Å². The number of phenols is 1. The molecule has 8 heteroatoms. The highest BCUT2D eigenvalue weighted by Crippen LogP contribution is 2.49. The van der Waals surface area contributed by atoms with Crippen LogP contribution in [0.15, 0.2) is 66.7 Å². The van der Waals surface area contributed by atoms with Gasteiger partial charge in [0, 0.05) is 11.6 Å². The minimum Gasteiger partial charge on any atom is -0.504 e. The Hall–Kier alpha value is -3.88. The van der Waals surface area contributed by atoms with Crippen LogP contribution in [0.4, 0.5) is 5.69 Å². The lowest BCUT2D eigenvalue weighted by molar-refractivity contribution is -0.119. The van der Waals surface area contributed by atoms with E-state index in [0.29, 0.717) is 23.6 Å². The van der Waals surface area contributed by atoms with Crippen LogP contribution in [0.25, 0.3) is 0 Å². The van der Waals surface area contributed by atoms with E-state index in [9.17, 15) is 14.7 Å². The predicted molar refractivity (Wildman–Crippen MR) is 135 cm³/mol. The molecule has 2 saturated heterocycles. The normalized spacial score (nSPS) is 23.0. The Kier molecular flexibility index (Phi) is 6.38. The highest BCUT2D eigenvalue weighted by Gasteiger charge is 2.56. The SMILES string of the molecule is CCOC(=O)c1ccc(N2C(=O)C3NNC(c4ccc(C)cc4)C3C2c2ccc(O)c(OC)c2)cc1. The number of aromatic hydroxyl groups is 1. The molecule has 3 aromatic carbocycles. The molecular formula is C28H29N3O5. The van der Waals surface area contributed by atoms with Crippen molar-refractivity contribution in [3.05, 3.63) is 89.0 Å². The molecule has 0 aromatic heterocycles. The Bertz CT molecular complexity index is 1280. The van der Waals surface area contributed by atoms with Gasteiger partial charge in [0.15, 0.2) is 11.5 Å². The average molecular weight is 488 g/mol. The zero-order valence-corrected chi connectivity index (χ0v) is 20.4. The summed E-state index contributed by atoms with van der Waals surface area (Å²) in [6.45, 7) is 4.09. The Morgan fingerprint density at radius 3 is 2.31 bits per heavy atom. The summed E-state index contributed by atoms with van der Waals surface area (Å²) in [6, 6.07) is 19.4. The third-order valence-electron chi connectivity index (χ3n) is 6.95. The fraction of sp³-hybridized carbons (Fsp3) is 0.286. The molecule has 0 aliphatic carbocycles. The number of methoxy groups -OCH3 is 1. The summed E-state index contributed by atoms with van der Waals surface area (Å²) >= 11 is 0. The molecular weight excluding hydrogens is 458 g/mol. The molecule has 5 rings (SSSR count). The molecule has 1 amide bonds. The molecule has 0 bridgehead atoms. The number of hydrazine groups is 1. The second-order valence-corrected chi connectivity index (χ2v) is 9.08. The molecule has 0 spiro atoms. The smallest absolute Gasteiger partial charge is 0.338 e. The standard InChI is InChI=1S/C28H29N3O5/c1-4-36-28(34)18-9-12-20(13-10-18)31-26(19-11-14-21(32)22(15-19)35-3)23-24(29-30-25(23)27(31)33)17-7-5-16(2)6-8-17/h5-15,23-26,29-30,32H,4H2,1-3H3. The van der Waals surface area contributed by atoms with Gasteiger partial charge in [0.25, 0.3) is 0 Å². The van der Waals surface area contributed by atoms with Crippen LogP contribution in [-0.4, -0.2) is 36.7 Å². The largest absolute Gasteiger partial charge is 0.504 e. The first-order chi connectivity index (χ1) is 17.4. The van der Waals surface area contributed by atoms with Gasteiger partial charge in [0.1, 0.15) is 6.04 Å². The molecule has 0 saturated carbocycles. The Labute approximate surface area is 209 Å². The fourth-order valence-corrected chi connectivity index (χ4v) is 5.20. The van der Waals surface area contributed by atoms with E-state index >= 15 is 0 Å². The van der Waals surface area contributed by atoms with Gasteiger partial charge in [-0.2, -0.15) is 0 Å². The van der Waals surface area contributed by atoms with Crippen molar-refractivity contribution in [2.75, 3.05) is 18.6 Å². The Morgan fingerprint density at radius 1 is 0.972 bits per heavy atom. The van der Waals surface area contributed by atoms with Crippen molar-refractivity contribution in [3.63, 3.8) is 0 Å². The maximum Gasteiger partial charge on any atom is 0.338 e. The van der Waals surface area contributed by atoms with Crippen LogP contribution in [0.3, 0.4) is 0 Å². The van der Waals surface area contributed by atoms with Gasteiger partial charge < -0.3 is 19.5 Å². The molecule has 3 aromatic rings. The first-order valence-corrected chi connectivity index (χ1v) is 12.0. The number of hydrogen-bond acceptors (Lipinski definition) is 7. The number of nitrogens with zero attached hydrogens (tertiary/aromatic N) is 1. The number of aryl methyl sites for hydroxylation is 1. The molecule has 2 fully saturated rings. The summed E-state index contributed by atoms with van der Waals surface area (Å²) < 4.78 is 10.5. The number of fused-ring (bicyclic) bond motifs is 1. The number of benzene rings is 3. The number of ether oxygens (including phenoxy) is 2. The number of nitrogens with one attached hydrogen (secondary N) is 2. The summed E-state index contributed by atoms with van der Waals surface area (Å²) in [5.41, 5.74) is 10.7. The van der Waals surface area contributed by atoms with Crippen molar-refractivity contribution >= 4 is 17.6 Å². The fourth-order valence-electron chi connectivity index (χ4n) is 5.20. The monoisotopic (exact) mass is 487 g/mol. The summed E-state index contributed by atoms with van der Waals surface area (Å²) in [5, 5.41) is 10.2. The van der Waals surface area contributed by atoms with Gasteiger partial charge in [-0.3, -0.25) is 4.79 Å². The molecule has 2 heterocycles. The first kappa shape index (κ1) is 23.8. The summed E-state index contributed by atoms with van der Waals surface area (Å²) in [6.07, 6.45) is 0. The van der Waals surface area contributed by atoms with Crippen LogP contribution in [-0.2, 0) is 9.53 Å². The Morgan fingerprint density at radius 2 is 1.64 bits per heavy atom. The molecule has 3 N–H and O–H groups in total. The molecule has 2 aliphatic rings. The molecule has 4 unspecified atom stereocenters. The van der Waals surface area contributed by atoms with Crippen LogP contribution in [0.5, 0.6) is 11.5 Å². The molecule has 2 aliphatic heterocycles. The topological polar surface area (TPSA) is 100 Å². The number of carbonyl (C=O) groups is 2. The zero-order valence-electron chi connectivity index (χ0n) is 20.4. The van der Waals surface area contributed by atoms with E-state index in [1.54, 1.807) is 48.2 Å². The van der Waals surface area contributed by atoms with Crippen molar-refractivity contribution in [2.24, 2.45) is 5.92 Å². The quantitative estimate of drug-likeness (QED) is 0.455. The molecule has 8 nitrogen and oxygen atoms in total. The lowest BCUT2D eigenvalue weighted by Gasteiger charge is -2.31. The zero-order chi connectivity index (χ0) is 25.4. The summed E-state index contributed by atoms with van der Waals surface area (Å²) in [7, 11) is 1.50. The van der Waals surface area contributed by atoms with Gasteiger partial charge in [0.2, 0.25) is 5.91 Å². The van der Waals surface area contributed by atoms with Gasteiger partial charge in [-0.25, -0.2) is 15.6 Å². The second-order valence-electron chi connectivity index (χ2n) is 9.08. The van der Waals surface area contributed by atoms with Gasteiger partial charge in [-0.05, 0) is 61.4 Å². The molecule has 36 heavy (non-hydrogen) atoms. The number of amides is 1. The average Bonchev–Trinajstić information content (AvgIpc) is 3.44. The number of hydrogen-bond donors (Lipinski definition) is 3. The third kappa shape index (κ3) is 4.08. The van der Waals surface area contributed by atoms with Crippen LogP contribution < -0.4 is 20.5 Å². The number of esters is 1. The van der Waals surface area contributed by atoms with Crippen molar-refractivity contribution < 1.29 is 24.2 Å². The number of rotatable bonds is 6. The van der Waals surface area contributed by atoms with E-state index in [4.69, 9.17) is 9.47 Å². The maximum absolute atomic E-state index is 13.8. The highest BCUT2D eigenvalue weighted by molar-refractivity contribution is 6.02. The van der Waals surface area contributed by atoms with E-state index in [0.717, 1.165) is 16.7 Å². The summed E-state index contributed by atoms with van der Waals surface area (Å²) in [4.78, 5) is 27.7. The van der Waals surface area contributed by atoms with Crippen LogP contribution in [0.1, 0.15) is 46.1 Å². The minimum absolute atomic E-state index is 0.0326. The predicted octanol–water partition coefficient (Wildman–Crippen LogP) is 3.81. The maximum atomic E-state index is 13.8. The highest BCUT2D eigenvalue weighted by atomic mass is 16.5. The van der Waals surface area contributed by atoms with Gasteiger partial charge in [-0.1, -0.05) is 35.9 Å². The lowest BCUT2D eigenvalue weighted by atomic mass is 9.83. The number of phenolic OH excluding ortho intramolecular Hbond substituents is 1. The van der Waals surface area contributed by atoms with Gasteiger partial charge in [0.05, 0.1) is 31.4 Å². The van der Waals surface area contributed by atoms with Gasteiger partial charge in [-0.15, -0.1) is 0 Å². The van der Waals surface area contributed by atoms with E-state index in [-0.39, 0.29) is 29.7 Å². The number of anilines is 1. The van der Waals surface area contributed by atoms with Crippen molar-refractivity contribution in [1.82, 2.24) is 10.9 Å². The number of carbonyl (C=O) groups excluding carboxylic acids is 2. The van der Waals surface area contributed by atoms with Crippen molar-refractivity contribution in [2.45, 2.75) is 32.0 Å².